The predicted octanol–water partition coefficient (Wildman–Crippen LogP) is 2.25. The number of ether oxygens (including phenoxy) is 1. The van der Waals surface area contributed by atoms with Crippen LogP contribution in [0.5, 0.6) is 0 Å². The Balaban J connectivity index is 2.27. The number of carbonyl (C=O) groups is 2. The number of hydrogen-bond acceptors (Lipinski definition) is 8. The van der Waals surface area contributed by atoms with Gasteiger partial charge in [0.1, 0.15) is 12.1 Å². The van der Waals surface area contributed by atoms with Gasteiger partial charge in [0.25, 0.3) is 0 Å². The van der Waals surface area contributed by atoms with Crippen molar-refractivity contribution in [2.24, 2.45) is 0 Å². The first-order valence-electron chi connectivity index (χ1n) is 7.32. The highest BCUT2D eigenvalue weighted by atomic mass is 32.1. The maximum absolute atomic E-state index is 12.7. The van der Waals surface area contributed by atoms with E-state index in [-0.39, 0.29) is 11.7 Å². The van der Waals surface area contributed by atoms with E-state index in [1.165, 1.54) is 7.11 Å². The lowest BCUT2D eigenvalue weighted by Gasteiger charge is -2.22. The van der Waals surface area contributed by atoms with Crippen LogP contribution in [-0.2, 0) is 14.3 Å². The van der Waals surface area contributed by atoms with Crippen LogP contribution >= 0.6 is 36.2 Å². The van der Waals surface area contributed by atoms with Gasteiger partial charge < -0.3 is 4.74 Å². The summed E-state index contributed by atoms with van der Waals surface area (Å²) in [6, 6.07) is 5.92. The molecule has 1 heterocycles. The van der Waals surface area contributed by atoms with E-state index in [2.05, 4.69) is 33.5 Å². The van der Waals surface area contributed by atoms with Gasteiger partial charge in [-0.25, -0.2) is 0 Å². The molecule has 0 aliphatic heterocycles. The molecule has 10 heteroatoms. The van der Waals surface area contributed by atoms with Crippen molar-refractivity contribution in [2.45, 2.75) is 19.0 Å². The number of nitrogens with zero attached hydrogens (tertiary/aromatic N) is 1. The Morgan fingerprint density at radius 2 is 2.08 bits per heavy atom. The highest BCUT2D eigenvalue weighted by molar-refractivity contribution is 7.80. The van der Waals surface area contributed by atoms with E-state index in [4.69, 9.17) is 17.0 Å². The normalized spacial score (nSPS) is 13.1. The van der Waals surface area contributed by atoms with E-state index < -0.39 is 18.1 Å². The van der Waals surface area contributed by atoms with Gasteiger partial charge in [0.15, 0.2) is 3.95 Å². The predicted molar refractivity (Wildman–Crippen MR) is 103 cm³/mol. The van der Waals surface area contributed by atoms with Gasteiger partial charge >= 0.3 is 5.97 Å². The fraction of sp³-hybridized carbons (Fsp3) is 0.333. The molecular formula is C15H18N4O3S3. The number of methoxy groups -OCH3 is 1. The molecule has 0 radical (unpaired) electrons. The molecule has 3 N–H and O–H groups in total. The van der Waals surface area contributed by atoms with Gasteiger partial charge in [-0.15, -0.1) is 5.10 Å². The molecule has 1 aromatic carbocycles. The third-order valence-electron chi connectivity index (χ3n) is 3.38. The molecule has 0 saturated heterocycles. The zero-order chi connectivity index (χ0) is 18.4. The van der Waals surface area contributed by atoms with Crippen molar-refractivity contribution < 1.29 is 14.3 Å². The van der Waals surface area contributed by atoms with Crippen LogP contribution in [0.15, 0.2) is 24.3 Å². The summed E-state index contributed by atoms with van der Waals surface area (Å²) in [5.41, 5.74) is 1.77. The van der Waals surface area contributed by atoms with Crippen LogP contribution in [0.3, 0.4) is 0 Å². The zero-order valence-corrected chi connectivity index (χ0v) is 16.1. The molecule has 2 aromatic rings. The summed E-state index contributed by atoms with van der Waals surface area (Å²) in [6.07, 6.45) is 0. The topological polar surface area (TPSA) is 96.1 Å². The first-order valence-corrected chi connectivity index (χ1v) is 9.18. The van der Waals surface area contributed by atoms with Gasteiger partial charge in [0, 0.05) is 5.75 Å². The molecule has 1 aromatic heterocycles. The average molecular weight is 399 g/mol. The molecule has 0 bridgehead atoms. The number of thiol groups is 1. The Bertz CT molecular complexity index is 788. The molecule has 25 heavy (non-hydrogen) atoms. The molecule has 0 aliphatic rings. The number of rotatable bonds is 7. The second-order valence-corrected chi connectivity index (χ2v) is 7.21. The van der Waals surface area contributed by atoms with Crippen LogP contribution < -0.4 is 10.6 Å². The average Bonchev–Trinajstić information content (AvgIpc) is 3.01. The fourth-order valence-electron chi connectivity index (χ4n) is 2.08. The summed E-state index contributed by atoms with van der Waals surface area (Å²) in [5.74, 6) is -0.670. The summed E-state index contributed by atoms with van der Waals surface area (Å²) in [7, 11) is 1.29. The lowest BCUT2D eigenvalue weighted by molar-refractivity contribution is -0.142. The fourth-order valence-corrected chi connectivity index (χ4v) is 3.13. The van der Waals surface area contributed by atoms with Gasteiger partial charge in [0.2, 0.25) is 11.0 Å². The van der Waals surface area contributed by atoms with Crippen molar-refractivity contribution in [1.29, 1.82) is 0 Å². The molecule has 134 valence electrons. The van der Waals surface area contributed by atoms with Gasteiger partial charge in [-0.1, -0.05) is 41.2 Å². The highest BCUT2D eigenvalue weighted by Gasteiger charge is 2.28. The Labute approximate surface area is 159 Å². The number of nitrogens with one attached hydrogen (secondary N) is 3. The summed E-state index contributed by atoms with van der Waals surface area (Å²) in [6.45, 7) is 1.95. The molecule has 1 amide bonds. The Kier molecular flexibility index (Phi) is 7.12. The maximum Gasteiger partial charge on any atom is 0.323 e. The van der Waals surface area contributed by atoms with Crippen molar-refractivity contribution in [3.05, 3.63) is 39.3 Å². The van der Waals surface area contributed by atoms with Gasteiger partial charge in [0.05, 0.1) is 7.11 Å². The smallest absolute Gasteiger partial charge is 0.323 e. The first kappa shape index (κ1) is 19.6. The monoisotopic (exact) mass is 398 g/mol. The van der Waals surface area contributed by atoms with Gasteiger partial charge in [-0.2, -0.15) is 12.6 Å². The van der Waals surface area contributed by atoms with E-state index in [9.17, 15) is 9.59 Å². The minimum absolute atomic E-state index is 0.184. The summed E-state index contributed by atoms with van der Waals surface area (Å²) < 4.78 is 5.21. The molecule has 0 saturated carbocycles. The SMILES string of the molecule is COC(=O)[C@H](CS)NC(C(=O)Nc1n[nH]c(=S)s1)c1ccc(C)cc1. The lowest BCUT2D eigenvalue weighted by Crippen LogP contribution is -2.45. The molecular weight excluding hydrogens is 380 g/mol. The van der Waals surface area contributed by atoms with E-state index >= 15 is 0 Å². The van der Waals surface area contributed by atoms with E-state index in [1.54, 1.807) is 0 Å². The van der Waals surface area contributed by atoms with Crippen molar-refractivity contribution in [1.82, 2.24) is 15.5 Å². The van der Waals surface area contributed by atoms with Gasteiger partial charge in [-0.3, -0.25) is 25.3 Å². The number of aromatic amines is 1. The number of aromatic nitrogens is 2. The second-order valence-electron chi connectivity index (χ2n) is 5.18. The van der Waals surface area contributed by atoms with E-state index in [0.717, 1.165) is 16.9 Å². The molecule has 0 aliphatic carbocycles. The van der Waals surface area contributed by atoms with Crippen molar-refractivity contribution >= 4 is 53.2 Å². The lowest BCUT2D eigenvalue weighted by atomic mass is 10.0. The van der Waals surface area contributed by atoms with E-state index in [1.807, 2.05) is 31.2 Å². The van der Waals surface area contributed by atoms with Crippen LogP contribution in [0.2, 0.25) is 0 Å². The van der Waals surface area contributed by atoms with Crippen LogP contribution in [-0.4, -0.2) is 41.0 Å². The number of hydrogen-bond donors (Lipinski definition) is 4. The molecule has 0 fully saturated rings. The Morgan fingerprint density at radius 3 is 2.60 bits per heavy atom. The molecule has 2 rings (SSSR count). The maximum atomic E-state index is 12.7. The van der Waals surface area contributed by atoms with Crippen molar-refractivity contribution in [3.8, 4) is 0 Å². The summed E-state index contributed by atoms with van der Waals surface area (Å²) >= 11 is 10.3. The number of carbonyl (C=O) groups excluding carboxylic acids is 2. The summed E-state index contributed by atoms with van der Waals surface area (Å²) in [5, 5.41) is 12.6. The Hall–Kier alpha value is -1.75. The second kappa shape index (κ2) is 9.09. The number of amides is 1. The number of anilines is 1. The van der Waals surface area contributed by atoms with E-state index in [0.29, 0.717) is 14.6 Å². The van der Waals surface area contributed by atoms with Gasteiger partial charge in [-0.05, 0) is 24.7 Å². The number of benzene rings is 1. The first-order chi connectivity index (χ1) is 11.9. The Morgan fingerprint density at radius 1 is 1.40 bits per heavy atom. The number of H-pyrrole nitrogens is 1. The number of aryl methyl sites for hydroxylation is 1. The molecule has 2 atom stereocenters. The third kappa shape index (κ3) is 5.36. The zero-order valence-electron chi connectivity index (χ0n) is 13.6. The number of esters is 1. The molecule has 1 unspecified atom stereocenters. The quantitative estimate of drug-likeness (QED) is 0.325. The minimum Gasteiger partial charge on any atom is -0.468 e. The standard InChI is InChI=1S/C15H18N4O3S3/c1-8-3-5-9(6-4-8)11(16-10(7-23)13(21)22-2)12(20)17-14-18-19-15(24)25-14/h3-6,10-11,16,23H,7H2,1-2H3,(H,19,24)(H,17,18,20)/t10-,11?/m0/s1. The largest absolute Gasteiger partial charge is 0.468 e. The molecule has 0 spiro atoms. The summed E-state index contributed by atoms with van der Waals surface area (Å²) in [4.78, 5) is 24.6. The minimum atomic E-state index is -0.783. The van der Waals surface area contributed by atoms with Crippen LogP contribution in [0.1, 0.15) is 17.2 Å². The van der Waals surface area contributed by atoms with Crippen LogP contribution in [0.25, 0.3) is 0 Å². The third-order valence-corrected chi connectivity index (χ3v) is 4.75. The van der Waals surface area contributed by atoms with Crippen LogP contribution in [0, 0.1) is 10.9 Å². The highest BCUT2D eigenvalue weighted by Crippen LogP contribution is 2.19. The van der Waals surface area contributed by atoms with Crippen LogP contribution in [0.4, 0.5) is 5.13 Å². The van der Waals surface area contributed by atoms with Crippen molar-refractivity contribution in [2.75, 3.05) is 18.2 Å². The van der Waals surface area contributed by atoms with Crippen molar-refractivity contribution in [3.63, 3.8) is 0 Å². The molecule has 7 nitrogen and oxygen atoms in total.